The van der Waals surface area contributed by atoms with E-state index >= 15 is 0 Å². The first-order valence-electron chi connectivity index (χ1n) is 8.99. The van der Waals surface area contributed by atoms with Gasteiger partial charge in [0, 0.05) is 12.3 Å². The van der Waals surface area contributed by atoms with Crippen LogP contribution in [-0.2, 0) is 4.79 Å². The standard InChI is InChI=1S/C20H32O2/c1-5-20(22,6-2)14-7-9-15(3)16-11-12-17-18(21)10-8-13-19(16,17)4/h7,11,14-15,17,22H,5-6,8-10,12-13H2,1-4H3/t15-,17-,19+/m0/s1. The number of carbonyl (C=O) groups excluding carboxylic acids is 1. The third-order valence-corrected chi connectivity index (χ3v) is 6.18. The molecule has 0 aromatic heterocycles. The summed E-state index contributed by atoms with van der Waals surface area (Å²) in [7, 11) is 0. The van der Waals surface area contributed by atoms with Crippen molar-refractivity contribution in [1.82, 2.24) is 0 Å². The van der Waals surface area contributed by atoms with Gasteiger partial charge < -0.3 is 5.11 Å². The molecule has 0 heterocycles. The molecule has 0 aromatic rings. The number of Topliss-reactive ketones (excluding diaryl/α,β-unsaturated/α-hetero) is 1. The van der Waals surface area contributed by atoms with Crippen molar-refractivity contribution in [3.63, 3.8) is 0 Å². The van der Waals surface area contributed by atoms with Gasteiger partial charge in [-0.3, -0.25) is 4.79 Å². The van der Waals surface area contributed by atoms with Crippen LogP contribution in [0.25, 0.3) is 0 Å². The maximum Gasteiger partial charge on any atom is 0.137 e. The van der Waals surface area contributed by atoms with E-state index in [-0.39, 0.29) is 11.3 Å². The number of allylic oxidation sites excluding steroid dienone is 3. The summed E-state index contributed by atoms with van der Waals surface area (Å²) in [6.07, 6.45) is 12.8. The maximum absolute atomic E-state index is 12.2. The molecule has 0 aromatic carbocycles. The molecule has 0 bridgehead atoms. The molecule has 0 unspecified atom stereocenters. The van der Waals surface area contributed by atoms with Gasteiger partial charge in [-0.05, 0) is 49.9 Å². The van der Waals surface area contributed by atoms with E-state index in [9.17, 15) is 9.90 Å². The van der Waals surface area contributed by atoms with Crippen LogP contribution in [0.5, 0.6) is 0 Å². The van der Waals surface area contributed by atoms with Crippen LogP contribution in [0.1, 0.15) is 72.6 Å². The van der Waals surface area contributed by atoms with Gasteiger partial charge >= 0.3 is 0 Å². The minimum absolute atomic E-state index is 0.0917. The van der Waals surface area contributed by atoms with Gasteiger partial charge in [-0.15, -0.1) is 0 Å². The Morgan fingerprint density at radius 1 is 1.45 bits per heavy atom. The zero-order valence-electron chi connectivity index (χ0n) is 14.7. The number of hydrogen-bond acceptors (Lipinski definition) is 2. The topological polar surface area (TPSA) is 37.3 Å². The van der Waals surface area contributed by atoms with Crippen molar-refractivity contribution in [1.29, 1.82) is 0 Å². The minimum atomic E-state index is -0.656. The fourth-order valence-corrected chi connectivity index (χ4v) is 4.42. The summed E-state index contributed by atoms with van der Waals surface area (Å²) >= 11 is 0. The summed E-state index contributed by atoms with van der Waals surface area (Å²) < 4.78 is 0. The van der Waals surface area contributed by atoms with Crippen LogP contribution in [-0.4, -0.2) is 16.5 Å². The smallest absolute Gasteiger partial charge is 0.137 e. The Morgan fingerprint density at radius 2 is 2.14 bits per heavy atom. The molecule has 2 heteroatoms. The van der Waals surface area contributed by atoms with E-state index < -0.39 is 5.60 Å². The third kappa shape index (κ3) is 3.22. The van der Waals surface area contributed by atoms with Crippen LogP contribution in [0.15, 0.2) is 23.8 Å². The number of carbonyl (C=O) groups is 1. The predicted octanol–water partition coefficient (Wildman–Crippen LogP) is 4.83. The Hall–Kier alpha value is -0.890. The molecule has 1 N–H and O–H groups in total. The lowest BCUT2D eigenvalue weighted by Gasteiger charge is -2.40. The summed E-state index contributed by atoms with van der Waals surface area (Å²) in [6, 6.07) is 0. The highest BCUT2D eigenvalue weighted by atomic mass is 16.3. The Labute approximate surface area is 135 Å². The lowest BCUT2D eigenvalue weighted by molar-refractivity contribution is -0.128. The average Bonchev–Trinajstić information content (AvgIpc) is 2.85. The van der Waals surface area contributed by atoms with Gasteiger partial charge in [0.05, 0.1) is 5.60 Å². The monoisotopic (exact) mass is 304 g/mol. The van der Waals surface area contributed by atoms with Crippen LogP contribution >= 0.6 is 0 Å². The summed E-state index contributed by atoms with van der Waals surface area (Å²) in [6.45, 7) is 8.61. The molecular formula is C20H32O2. The van der Waals surface area contributed by atoms with Gasteiger partial charge in [-0.2, -0.15) is 0 Å². The Morgan fingerprint density at radius 3 is 2.77 bits per heavy atom. The lowest BCUT2D eigenvalue weighted by Crippen LogP contribution is -2.36. The largest absolute Gasteiger partial charge is 0.386 e. The van der Waals surface area contributed by atoms with Gasteiger partial charge in [0.1, 0.15) is 5.78 Å². The van der Waals surface area contributed by atoms with Crippen molar-refractivity contribution < 1.29 is 9.90 Å². The van der Waals surface area contributed by atoms with Crippen molar-refractivity contribution in [2.75, 3.05) is 0 Å². The molecule has 2 aliphatic carbocycles. The zero-order valence-corrected chi connectivity index (χ0v) is 14.7. The summed E-state index contributed by atoms with van der Waals surface area (Å²) in [5.74, 6) is 1.15. The van der Waals surface area contributed by atoms with Crippen LogP contribution in [0, 0.1) is 17.3 Å². The first kappa shape index (κ1) is 17.5. The van der Waals surface area contributed by atoms with Crippen molar-refractivity contribution in [2.45, 2.75) is 78.2 Å². The van der Waals surface area contributed by atoms with Gasteiger partial charge in [0.2, 0.25) is 0 Å². The molecular weight excluding hydrogens is 272 g/mol. The van der Waals surface area contributed by atoms with Crippen LogP contribution in [0.3, 0.4) is 0 Å². The van der Waals surface area contributed by atoms with E-state index in [1.807, 2.05) is 19.9 Å². The summed E-state index contributed by atoms with van der Waals surface area (Å²) in [4.78, 5) is 12.2. The van der Waals surface area contributed by atoms with E-state index in [2.05, 4.69) is 26.0 Å². The second-order valence-corrected chi connectivity index (χ2v) is 7.53. The van der Waals surface area contributed by atoms with E-state index in [1.54, 1.807) is 0 Å². The third-order valence-electron chi connectivity index (χ3n) is 6.18. The average molecular weight is 304 g/mol. The van der Waals surface area contributed by atoms with E-state index in [0.717, 1.165) is 44.9 Å². The Balaban J connectivity index is 2.03. The quantitative estimate of drug-likeness (QED) is 0.714. The van der Waals surface area contributed by atoms with Crippen molar-refractivity contribution in [3.8, 4) is 0 Å². The van der Waals surface area contributed by atoms with Crippen molar-refractivity contribution in [3.05, 3.63) is 23.8 Å². The number of fused-ring (bicyclic) bond motifs is 1. The van der Waals surface area contributed by atoms with Crippen molar-refractivity contribution in [2.24, 2.45) is 17.3 Å². The number of rotatable bonds is 6. The highest BCUT2D eigenvalue weighted by Crippen LogP contribution is 2.53. The van der Waals surface area contributed by atoms with Crippen LogP contribution in [0.4, 0.5) is 0 Å². The SMILES string of the molecule is CCC(O)(C=CC[C@H](C)C1=CC[C@H]2C(=O)CCC[C@]12C)CC. The lowest BCUT2D eigenvalue weighted by atomic mass is 9.63. The van der Waals surface area contributed by atoms with Gasteiger partial charge in [0.25, 0.3) is 0 Å². The van der Waals surface area contributed by atoms with E-state index in [4.69, 9.17) is 0 Å². The molecule has 3 atom stereocenters. The first-order chi connectivity index (χ1) is 10.4. The molecule has 0 aliphatic heterocycles. The molecule has 2 aliphatic rings. The minimum Gasteiger partial charge on any atom is -0.386 e. The van der Waals surface area contributed by atoms with Crippen LogP contribution in [0.2, 0.25) is 0 Å². The maximum atomic E-state index is 12.2. The Bertz CT molecular complexity index is 470. The second-order valence-electron chi connectivity index (χ2n) is 7.53. The number of aliphatic hydroxyl groups is 1. The molecule has 2 rings (SSSR count). The Kier molecular flexibility index (Phi) is 5.32. The fraction of sp³-hybridized carbons (Fsp3) is 0.750. The van der Waals surface area contributed by atoms with Crippen molar-refractivity contribution >= 4 is 5.78 Å². The fourth-order valence-electron chi connectivity index (χ4n) is 4.42. The molecule has 0 saturated heterocycles. The molecule has 1 fully saturated rings. The molecule has 124 valence electrons. The second kappa shape index (κ2) is 6.70. The molecule has 2 nitrogen and oxygen atoms in total. The normalized spacial score (nSPS) is 30.5. The van der Waals surface area contributed by atoms with Crippen LogP contribution < -0.4 is 0 Å². The van der Waals surface area contributed by atoms with Gasteiger partial charge in [-0.25, -0.2) is 0 Å². The molecule has 0 spiro atoms. The first-order valence-corrected chi connectivity index (χ1v) is 8.99. The molecule has 22 heavy (non-hydrogen) atoms. The number of hydrogen-bond donors (Lipinski definition) is 1. The number of ketones is 1. The van der Waals surface area contributed by atoms with E-state index in [0.29, 0.717) is 11.7 Å². The summed E-state index contributed by atoms with van der Waals surface area (Å²) in [5.41, 5.74) is 0.914. The molecule has 1 saturated carbocycles. The zero-order chi connectivity index (χ0) is 16.4. The molecule has 0 amide bonds. The van der Waals surface area contributed by atoms with E-state index in [1.165, 1.54) is 5.57 Å². The predicted molar refractivity (Wildman–Crippen MR) is 91.6 cm³/mol. The summed E-state index contributed by atoms with van der Waals surface area (Å²) in [5, 5.41) is 10.3. The highest BCUT2D eigenvalue weighted by Gasteiger charge is 2.47. The van der Waals surface area contributed by atoms with Gasteiger partial charge in [0.15, 0.2) is 0 Å². The van der Waals surface area contributed by atoms with Gasteiger partial charge in [-0.1, -0.05) is 51.5 Å². The molecule has 0 radical (unpaired) electrons. The highest BCUT2D eigenvalue weighted by molar-refractivity contribution is 5.84.